The number of anilines is 2. The van der Waals surface area contributed by atoms with Crippen molar-refractivity contribution in [2.75, 3.05) is 29.1 Å². The number of halogens is 2. The fraction of sp³-hybridized carbons (Fsp3) is 0.500. The van der Waals surface area contributed by atoms with Crippen molar-refractivity contribution in [1.82, 2.24) is 14.8 Å². The Bertz CT molecular complexity index is 813. The normalized spacial score (nSPS) is 17.2. The molecular weight excluding hydrogens is 405 g/mol. The zero-order chi connectivity index (χ0) is 18.8. The predicted molar refractivity (Wildman–Crippen MR) is 110 cm³/mol. The van der Waals surface area contributed by atoms with E-state index in [0.29, 0.717) is 21.8 Å². The maximum absolute atomic E-state index is 12.3. The van der Waals surface area contributed by atoms with Crippen LogP contribution in [0.3, 0.4) is 0 Å². The largest absolute Gasteiger partial charge is 0.341 e. The zero-order valence-electron chi connectivity index (χ0n) is 14.8. The Morgan fingerprint density at radius 2 is 1.81 bits per heavy atom. The topological polar surface area (TPSA) is 63.1 Å². The number of hydrogen-bond acceptors (Lipinski definition) is 5. The van der Waals surface area contributed by atoms with E-state index < -0.39 is 0 Å². The summed E-state index contributed by atoms with van der Waals surface area (Å²) in [4.78, 5) is 14.7. The second-order valence-corrected chi connectivity index (χ2v) is 8.74. The van der Waals surface area contributed by atoms with Crippen LogP contribution in [-0.4, -0.2) is 39.5 Å². The lowest BCUT2D eigenvalue weighted by Crippen LogP contribution is -2.32. The molecule has 6 nitrogen and oxygen atoms in total. The number of aromatic nitrogens is 3. The Labute approximate surface area is 172 Å². The lowest BCUT2D eigenvalue weighted by atomic mass is 10.1. The highest BCUT2D eigenvalue weighted by atomic mass is 35.5. The van der Waals surface area contributed by atoms with E-state index in [1.165, 1.54) is 31.0 Å². The highest BCUT2D eigenvalue weighted by molar-refractivity contribution is 7.99. The fourth-order valence-corrected chi connectivity index (χ4v) is 4.61. The lowest BCUT2D eigenvalue weighted by molar-refractivity contribution is -0.113. The summed E-state index contributed by atoms with van der Waals surface area (Å²) in [6.45, 7) is 2.07. The summed E-state index contributed by atoms with van der Waals surface area (Å²) in [6.07, 6.45) is 5.98. The second kappa shape index (κ2) is 8.29. The number of nitrogens with one attached hydrogen (secondary N) is 1. The Hall–Kier alpha value is -1.44. The van der Waals surface area contributed by atoms with Gasteiger partial charge in [0.15, 0.2) is 5.16 Å². The van der Waals surface area contributed by atoms with Crippen LogP contribution >= 0.6 is 35.0 Å². The van der Waals surface area contributed by atoms with Crippen LogP contribution in [0.5, 0.6) is 0 Å². The molecule has 9 heteroatoms. The van der Waals surface area contributed by atoms with E-state index in [0.717, 1.165) is 37.0 Å². The van der Waals surface area contributed by atoms with Gasteiger partial charge in [-0.05, 0) is 50.3 Å². The molecule has 4 rings (SSSR count). The van der Waals surface area contributed by atoms with Gasteiger partial charge in [0, 0.05) is 34.9 Å². The molecule has 0 unspecified atom stereocenters. The van der Waals surface area contributed by atoms with Crippen molar-refractivity contribution in [3.05, 3.63) is 28.2 Å². The van der Waals surface area contributed by atoms with Gasteiger partial charge in [-0.1, -0.05) is 35.0 Å². The zero-order valence-corrected chi connectivity index (χ0v) is 17.2. The van der Waals surface area contributed by atoms with Gasteiger partial charge < -0.3 is 10.2 Å². The van der Waals surface area contributed by atoms with Crippen LogP contribution in [0, 0.1) is 0 Å². The maximum Gasteiger partial charge on any atom is 0.234 e. The molecule has 1 saturated carbocycles. The molecule has 1 aromatic carbocycles. The van der Waals surface area contributed by atoms with Crippen LogP contribution in [0.15, 0.2) is 23.4 Å². The van der Waals surface area contributed by atoms with Crippen molar-refractivity contribution in [2.24, 2.45) is 0 Å². The predicted octanol–water partition coefficient (Wildman–Crippen LogP) is 4.64. The molecule has 0 radical (unpaired) electrons. The Morgan fingerprint density at radius 1 is 1.11 bits per heavy atom. The number of amides is 1. The summed E-state index contributed by atoms with van der Waals surface area (Å²) in [6, 6.07) is 5.46. The summed E-state index contributed by atoms with van der Waals surface area (Å²) in [5, 5.41) is 13.4. The molecule has 144 valence electrons. The number of carbonyl (C=O) groups excluding carboxylic acids is 1. The first-order chi connectivity index (χ1) is 13.1. The summed E-state index contributed by atoms with van der Waals surface area (Å²) in [5.74, 6) is 1.10. The SMILES string of the molecule is O=C(CSc1nnc(N2CCCCC2)n1C1CC1)Nc1cc(Cl)cc(Cl)c1. The summed E-state index contributed by atoms with van der Waals surface area (Å²) < 4.78 is 2.22. The lowest BCUT2D eigenvalue weighted by Gasteiger charge is -2.27. The number of hydrogen-bond donors (Lipinski definition) is 1. The average molecular weight is 426 g/mol. The van der Waals surface area contributed by atoms with Gasteiger partial charge in [-0.25, -0.2) is 0 Å². The molecule has 1 aliphatic heterocycles. The quantitative estimate of drug-likeness (QED) is 0.682. The van der Waals surface area contributed by atoms with E-state index in [9.17, 15) is 4.79 Å². The minimum absolute atomic E-state index is 0.122. The van der Waals surface area contributed by atoms with E-state index in [1.54, 1.807) is 18.2 Å². The fourth-order valence-electron chi connectivity index (χ4n) is 3.28. The molecule has 2 aliphatic rings. The van der Waals surface area contributed by atoms with Crippen molar-refractivity contribution in [2.45, 2.75) is 43.3 Å². The average Bonchev–Trinajstić information content (AvgIpc) is 3.39. The molecule has 0 bridgehead atoms. The minimum atomic E-state index is -0.122. The van der Waals surface area contributed by atoms with Crippen molar-refractivity contribution >= 4 is 52.5 Å². The van der Waals surface area contributed by atoms with Gasteiger partial charge in [0.1, 0.15) is 0 Å². The summed E-state index contributed by atoms with van der Waals surface area (Å²) in [7, 11) is 0. The highest BCUT2D eigenvalue weighted by Crippen LogP contribution is 2.41. The van der Waals surface area contributed by atoms with Gasteiger partial charge >= 0.3 is 0 Å². The Morgan fingerprint density at radius 3 is 2.48 bits per heavy atom. The van der Waals surface area contributed by atoms with Crippen LogP contribution in [0.2, 0.25) is 10.0 Å². The first kappa shape index (κ1) is 18.9. The first-order valence-electron chi connectivity index (χ1n) is 9.19. The van der Waals surface area contributed by atoms with Crippen LogP contribution in [-0.2, 0) is 4.79 Å². The van der Waals surface area contributed by atoms with Crippen molar-refractivity contribution in [3.63, 3.8) is 0 Å². The van der Waals surface area contributed by atoms with E-state index >= 15 is 0 Å². The van der Waals surface area contributed by atoms with Gasteiger partial charge in [0.2, 0.25) is 11.9 Å². The van der Waals surface area contributed by atoms with Crippen molar-refractivity contribution in [3.8, 4) is 0 Å². The standard InChI is InChI=1S/C18H21Cl2N5OS/c19-12-8-13(20)10-14(9-12)21-16(26)11-27-18-23-22-17(25(18)15-4-5-15)24-6-2-1-3-7-24/h8-10,15H,1-7,11H2,(H,21,26). The number of piperidine rings is 1. The molecule has 27 heavy (non-hydrogen) atoms. The Balaban J connectivity index is 1.42. The van der Waals surface area contributed by atoms with Crippen LogP contribution in [0.25, 0.3) is 0 Å². The molecule has 0 atom stereocenters. The van der Waals surface area contributed by atoms with Gasteiger partial charge in [-0.3, -0.25) is 9.36 Å². The number of rotatable bonds is 6. The van der Waals surface area contributed by atoms with Crippen LogP contribution in [0.4, 0.5) is 11.6 Å². The number of carbonyl (C=O) groups is 1. The summed E-state index contributed by atoms with van der Waals surface area (Å²) in [5.41, 5.74) is 0.593. The Kier molecular flexibility index (Phi) is 5.80. The molecule has 1 saturated heterocycles. The highest BCUT2D eigenvalue weighted by Gasteiger charge is 2.32. The van der Waals surface area contributed by atoms with Gasteiger partial charge in [0.25, 0.3) is 0 Å². The molecule has 2 heterocycles. The van der Waals surface area contributed by atoms with Gasteiger partial charge in [-0.2, -0.15) is 0 Å². The molecule has 0 spiro atoms. The number of nitrogens with zero attached hydrogens (tertiary/aromatic N) is 4. The molecule has 1 N–H and O–H groups in total. The monoisotopic (exact) mass is 425 g/mol. The van der Waals surface area contributed by atoms with E-state index in [1.807, 2.05) is 0 Å². The molecule has 1 amide bonds. The summed E-state index contributed by atoms with van der Waals surface area (Å²) >= 11 is 13.4. The molecule has 2 fully saturated rings. The van der Waals surface area contributed by atoms with Crippen molar-refractivity contribution < 1.29 is 4.79 Å². The van der Waals surface area contributed by atoms with E-state index in [-0.39, 0.29) is 11.7 Å². The minimum Gasteiger partial charge on any atom is -0.341 e. The maximum atomic E-state index is 12.3. The van der Waals surface area contributed by atoms with Crippen molar-refractivity contribution in [1.29, 1.82) is 0 Å². The third kappa shape index (κ3) is 4.70. The third-order valence-corrected chi connectivity index (χ3v) is 6.06. The molecule has 1 aromatic heterocycles. The van der Waals surface area contributed by atoms with Gasteiger partial charge in [0.05, 0.1) is 5.75 Å². The number of thioether (sulfide) groups is 1. The molecular formula is C18H21Cl2N5OS. The smallest absolute Gasteiger partial charge is 0.234 e. The van der Waals surface area contributed by atoms with Crippen LogP contribution < -0.4 is 10.2 Å². The second-order valence-electron chi connectivity index (χ2n) is 6.93. The van der Waals surface area contributed by atoms with Gasteiger partial charge in [-0.15, -0.1) is 10.2 Å². The van der Waals surface area contributed by atoms with Crippen LogP contribution in [0.1, 0.15) is 38.1 Å². The molecule has 1 aliphatic carbocycles. The third-order valence-electron chi connectivity index (χ3n) is 4.68. The number of benzene rings is 1. The van der Waals surface area contributed by atoms with E-state index in [2.05, 4.69) is 25.0 Å². The van der Waals surface area contributed by atoms with E-state index in [4.69, 9.17) is 23.2 Å². The first-order valence-corrected chi connectivity index (χ1v) is 10.9. The molecule has 2 aromatic rings.